The van der Waals surface area contributed by atoms with Crippen LogP contribution in [0.4, 0.5) is 5.82 Å². The SMILES string of the molecule is CCOC(=O)C(=O)N(C)c1ccc[nH]1. The molecule has 5 nitrogen and oxygen atoms in total. The molecular weight excluding hydrogens is 184 g/mol. The molecule has 0 fully saturated rings. The number of carbonyl (C=O) groups is 2. The Hall–Kier alpha value is -1.78. The highest BCUT2D eigenvalue weighted by atomic mass is 16.5. The van der Waals surface area contributed by atoms with Crippen molar-refractivity contribution < 1.29 is 14.3 Å². The van der Waals surface area contributed by atoms with Gasteiger partial charge in [0, 0.05) is 13.2 Å². The molecule has 1 rings (SSSR count). The van der Waals surface area contributed by atoms with Crippen LogP contribution in [0.2, 0.25) is 0 Å². The van der Waals surface area contributed by atoms with E-state index in [1.807, 2.05) is 0 Å². The number of esters is 1. The van der Waals surface area contributed by atoms with Crippen molar-refractivity contribution in [2.75, 3.05) is 18.6 Å². The van der Waals surface area contributed by atoms with Gasteiger partial charge in [-0.25, -0.2) is 4.79 Å². The second kappa shape index (κ2) is 4.45. The number of rotatable bonds is 2. The Morgan fingerprint density at radius 3 is 2.79 bits per heavy atom. The van der Waals surface area contributed by atoms with Gasteiger partial charge in [-0.1, -0.05) is 0 Å². The molecule has 76 valence electrons. The second-order valence-corrected chi connectivity index (χ2v) is 2.64. The van der Waals surface area contributed by atoms with E-state index < -0.39 is 11.9 Å². The summed E-state index contributed by atoms with van der Waals surface area (Å²) < 4.78 is 4.58. The van der Waals surface area contributed by atoms with Crippen LogP contribution in [0.25, 0.3) is 0 Å². The number of hydrogen-bond donors (Lipinski definition) is 1. The molecule has 0 aliphatic rings. The van der Waals surface area contributed by atoms with Crippen molar-refractivity contribution in [3.05, 3.63) is 18.3 Å². The number of amides is 1. The molecule has 5 heteroatoms. The average molecular weight is 196 g/mol. The highest BCUT2D eigenvalue weighted by Gasteiger charge is 2.21. The summed E-state index contributed by atoms with van der Waals surface area (Å²) in [6, 6.07) is 3.43. The summed E-state index contributed by atoms with van der Waals surface area (Å²) in [4.78, 5) is 26.4. The third kappa shape index (κ3) is 2.12. The Morgan fingerprint density at radius 1 is 1.57 bits per heavy atom. The number of hydrogen-bond acceptors (Lipinski definition) is 3. The van der Waals surface area contributed by atoms with Crippen LogP contribution < -0.4 is 4.90 Å². The number of ether oxygens (including phenoxy) is 1. The quantitative estimate of drug-likeness (QED) is 0.554. The van der Waals surface area contributed by atoms with E-state index in [4.69, 9.17) is 0 Å². The fourth-order valence-electron chi connectivity index (χ4n) is 0.969. The van der Waals surface area contributed by atoms with Gasteiger partial charge >= 0.3 is 11.9 Å². The molecule has 0 unspecified atom stereocenters. The molecule has 1 aromatic rings. The predicted octanol–water partition coefficient (Wildman–Crippen LogP) is 0.541. The average Bonchev–Trinajstić information content (AvgIpc) is 2.68. The van der Waals surface area contributed by atoms with Crippen molar-refractivity contribution in [2.45, 2.75) is 6.92 Å². The monoisotopic (exact) mass is 196 g/mol. The molecule has 1 heterocycles. The van der Waals surface area contributed by atoms with Gasteiger partial charge in [0.1, 0.15) is 5.82 Å². The van der Waals surface area contributed by atoms with E-state index in [2.05, 4.69) is 9.72 Å². The summed E-state index contributed by atoms with van der Waals surface area (Å²) >= 11 is 0. The van der Waals surface area contributed by atoms with Gasteiger partial charge in [0.15, 0.2) is 0 Å². The first-order valence-electron chi connectivity index (χ1n) is 4.25. The maximum absolute atomic E-state index is 11.4. The number of aromatic amines is 1. The molecule has 0 aromatic carbocycles. The third-order valence-corrected chi connectivity index (χ3v) is 1.70. The van der Waals surface area contributed by atoms with Crippen LogP contribution in [0, 0.1) is 0 Å². The van der Waals surface area contributed by atoms with Gasteiger partial charge in [0.25, 0.3) is 0 Å². The van der Waals surface area contributed by atoms with Crippen LogP contribution in [0.5, 0.6) is 0 Å². The molecule has 0 atom stereocenters. The number of H-pyrrole nitrogens is 1. The standard InChI is InChI=1S/C9H12N2O3/c1-3-14-9(13)8(12)11(2)7-5-4-6-10-7/h4-6,10H,3H2,1-2H3. The Kier molecular flexibility index (Phi) is 3.28. The zero-order chi connectivity index (χ0) is 10.6. The lowest BCUT2D eigenvalue weighted by Crippen LogP contribution is -2.34. The van der Waals surface area contributed by atoms with Gasteiger partial charge in [0.2, 0.25) is 0 Å². The first kappa shape index (κ1) is 10.3. The van der Waals surface area contributed by atoms with Crippen LogP contribution in [-0.2, 0) is 14.3 Å². The van der Waals surface area contributed by atoms with Crippen molar-refractivity contribution in [2.24, 2.45) is 0 Å². The number of anilines is 1. The minimum absolute atomic E-state index is 0.198. The molecule has 1 aromatic heterocycles. The topological polar surface area (TPSA) is 62.4 Å². The molecule has 0 saturated heterocycles. The van der Waals surface area contributed by atoms with Gasteiger partial charge in [0.05, 0.1) is 6.61 Å². The van der Waals surface area contributed by atoms with E-state index in [0.717, 1.165) is 0 Å². The second-order valence-electron chi connectivity index (χ2n) is 2.64. The van der Waals surface area contributed by atoms with Crippen molar-refractivity contribution in [1.29, 1.82) is 0 Å². The largest absolute Gasteiger partial charge is 0.459 e. The lowest BCUT2D eigenvalue weighted by molar-refractivity contribution is -0.153. The van der Waals surface area contributed by atoms with Gasteiger partial charge in [-0.2, -0.15) is 0 Å². The van der Waals surface area contributed by atoms with Gasteiger partial charge in [-0.3, -0.25) is 9.69 Å². The van der Waals surface area contributed by atoms with Crippen LogP contribution in [-0.4, -0.2) is 30.5 Å². The minimum atomic E-state index is -0.843. The summed E-state index contributed by atoms with van der Waals surface area (Å²) in [5.74, 6) is -0.970. The molecule has 0 aliphatic heterocycles. The van der Waals surface area contributed by atoms with Crippen LogP contribution in [0.3, 0.4) is 0 Å². The molecule has 14 heavy (non-hydrogen) atoms. The van der Waals surface area contributed by atoms with E-state index in [1.54, 1.807) is 25.3 Å². The lowest BCUT2D eigenvalue weighted by Gasteiger charge is -2.13. The van der Waals surface area contributed by atoms with Crippen LogP contribution >= 0.6 is 0 Å². The summed E-state index contributed by atoms with van der Waals surface area (Å²) in [5, 5.41) is 0. The zero-order valence-electron chi connectivity index (χ0n) is 8.11. The van der Waals surface area contributed by atoms with E-state index in [0.29, 0.717) is 5.82 Å². The van der Waals surface area contributed by atoms with E-state index in [1.165, 1.54) is 11.9 Å². The molecule has 0 aliphatic carbocycles. The third-order valence-electron chi connectivity index (χ3n) is 1.70. The number of aromatic nitrogens is 1. The number of nitrogens with one attached hydrogen (secondary N) is 1. The summed E-state index contributed by atoms with van der Waals surface area (Å²) in [6.45, 7) is 1.85. The molecule has 0 radical (unpaired) electrons. The smallest absolute Gasteiger partial charge is 0.397 e. The first-order valence-corrected chi connectivity index (χ1v) is 4.25. The van der Waals surface area contributed by atoms with E-state index >= 15 is 0 Å². The number of likely N-dealkylation sites (N-methyl/N-ethyl adjacent to an activating group) is 1. The fraction of sp³-hybridized carbons (Fsp3) is 0.333. The molecular formula is C9H12N2O3. The highest BCUT2D eigenvalue weighted by molar-refractivity contribution is 6.37. The maximum atomic E-state index is 11.4. The molecule has 1 amide bonds. The van der Waals surface area contributed by atoms with Crippen molar-refractivity contribution in [3.8, 4) is 0 Å². The van der Waals surface area contributed by atoms with Crippen LogP contribution in [0.1, 0.15) is 6.92 Å². The molecule has 0 bridgehead atoms. The van der Waals surface area contributed by atoms with Crippen LogP contribution in [0.15, 0.2) is 18.3 Å². The number of nitrogens with zero attached hydrogens (tertiary/aromatic N) is 1. The lowest BCUT2D eigenvalue weighted by atomic mass is 10.5. The van der Waals surface area contributed by atoms with Gasteiger partial charge < -0.3 is 9.72 Å². The molecule has 0 saturated carbocycles. The Labute approximate surface area is 81.7 Å². The van der Waals surface area contributed by atoms with E-state index in [9.17, 15) is 9.59 Å². The summed E-state index contributed by atoms with van der Waals surface area (Å²) in [7, 11) is 1.51. The number of carbonyl (C=O) groups excluding carboxylic acids is 2. The normalized spacial score (nSPS) is 9.57. The predicted molar refractivity (Wildman–Crippen MR) is 50.8 cm³/mol. The van der Waals surface area contributed by atoms with Crippen molar-refractivity contribution >= 4 is 17.7 Å². The zero-order valence-corrected chi connectivity index (χ0v) is 8.11. The Morgan fingerprint density at radius 2 is 2.29 bits per heavy atom. The Bertz CT molecular complexity index is 319. The summed E-state index contributed by atoms with van der Waals surface area (Å²) in [6.07, 6.45) is 1.67. The fourth-order valence-corrected chi connectivity index (χ4v) is 0.969. The minimum Gasteiger partial charge on any atom is -0.459 e. The van der Waals surface area contributed by atoms with Crippen molar-refractivity contribution in [3.63, 3.8) is 0 Å². The van der Waals surface area contributed by atoms with Gasteiger partial charge in [-0.05, 0) is 19.1 Å². The highest BCUT2D eigenvalue weighted by Crippen LogP contribution is 2.07. The van der Waals surface area contributed by atoms with Gasteiger partial charge in [-0.15, -0.1) is 0 Å². The molecule has 1 N–H and O–H groups in total. The first-order chi connectivity index (χ1) is 6.66. The van der Waals surface area contributed by atoms with E-state index in [-0.39, 0.29) is 6.61 Å². The Balaban J connectivity index is 2.66. The van der Waals surface area contributed by atoms with Crippen molar-refractivity contribution in [1.82, 2.24) is 4.98 Å². The molecule has 0 spiro atoms. The maximum Gasteiger partial charge on any atom is 0.397 e. The summed E-state index contributed by atoms with van der Waals surface area (Å²) in [5.41, 5.74) is 0.